The molecule has 0 aromatic carbocycles. The molecule has 1 saturated carbocycles. The minimum atomic E-state index is -0.489. The summed E-state index contributed by atoms with van der Waals surface area (Å²) in [5.41, 5.74) is -0.150. The molecule has 172 valence electrons. The van der Waals surface area contributed by atoms with E-state index in [-0.39, 0.29) is 24.2 Å². The van der Waals surface area contributed by atoms with Crippen molar-refractivity contribution >= 4 is 16.9 Å². The lowest BCUT2D eigenvalue weighted by molar-refractivity contribution is -0.0728. The number of fused-ring (bicyclic) bond motifs is 1. The first-order chi connectivity index (χ1) is 15.4. The van der Waals surface area contributed by atoms with Crippen LogP contribution in [0.3, 0.4) is 0 Å². The largest absolute Gasteiger partial charge is 0.373 e. The van der Waals surface area contributed by atoms with E-state index in [1.54, 1.807) is 10.6 Å². The zero-order valence-electron chi connectivity index (χ0n) is 18.7. The van der Waals surface area contributed by atoms with Crippen molar-refractivity contribution in [2.75, 3.05) is 32.7 Å². The fraction of sp³-hybridized carbons (Fsp3) is 0.652. The number of nitrogens with zero attached hydrogens (tertiary/aromatic N) is 4. The molecule has 4 heterocycles. The van der Waals surface area contributed by atoms with Gasteiger partial charge in [-0.05, 0) is 51.5 Å². The number of aromatic nitrogens is 3. The van der Waals surface area contributed by atoms with Gasteiger partial charge >= 0.3 is 5.69 Å². The maximum absolute atomic E-state index is 13.1. The van der Waals surface area contributed by atoms with Crippen LogP contribution in [-0.2, 0) is 4.74 Å². The molecule has 32 heavy (non-hydrogen) atoms. The number of morpholine rings is 1. The van der Waals surface area contributed by atoms with Crippen molar-refractivity contribution in [3.63, 3.8) is 0 Å². The molecule has 1 N–H and O–H groups in total. The van der Waals surface area contributed by atoms with Crippen LogP contribution in [0.15, 0.2) is 21.9 Å². The van der Waals surface area contributed by atoms with Crippen molar-refractivity contribution in [2.24, 2.45) is 5.92 Å². The number of aromatic amines is 1. The first-order valence-corrected chi connectivity index (χ1v) is 11.7. The number of nitrogens with one attached hydrogen (secondary N) is 1. The first-order valence-electron chi connectivity index (χ1n) is 11.7. The molecular weight excluding hydrogens is 410 g/mol. The average Bonchev–Trinajstić information content (AvgIpc) is 3.58. The molecule has 2 aliphatic heterocycles. The Hall–Kier alpha value is -2.52. The summed E-state index contributed by atoms with van der Waals surface area (Å²) in [6.45, 7) is 8.63. The van der Waals surface area contributed by atoms with Gasteiger partial charge in [-0.25, -0.2) is 9.78 Å². The van der Waals surface area contributed by atoms with Crippen LogP contribution >= 0.6 is 0 Å². The second-order valence-corrected chi connectivity index (χ2v) is 9.67. The number of pyridine rings is 1. The van der Waals surface area contributed by atoms with Crippen LogP contribution in [0, 0.1) is 5.92 Å². The maximum atomic E-state index is 13.1. The van der Waals surface area contributed by atoms with Gasteiger partial charge in [0.05, 0.1) is 23.2 Å². The molecule has 3 aliphatic rings. The number of likely N-dealkylation sites (tertiary alicyclic amines) is 1. The SMILES string of the molecule is CC1CN(CC2CCN(C(=O)c3cnc4c(c3)c(=O)[nH]c(=O)n4C3CC3)CC2)CC(C)O1. The normalized spacial score (nSPS) is 25.4. The lowest BCUT2D eigenvalue weighted by Crippen LogP contribution is -2.48. The third kappa shape index (κ3) is 4.23. The molecule has 5 rings (SSSR count). The summed E-state index contributed by atoms with van der Waals surface area (Å²) < 4.78 is 7.37. The number of hydrogen-bond donors (Lipinski definition) is 1. The van der Waals surface area contributed by atoms with Crippen LogP contribution in [0.5, 0.6) is 0 Å². The summed E-state index contributed by atoms with van der Waals surface area (Å²) in [6.07, 6.45) is 5.77. The number of rotatable bonds is 4. The lowest BCUT2D eigenvalue weighted by atomic mass is 9.95. The Labute approximate surface area is 186 Å². The van der Waals surface area contributed by atoms with Gasteiger partial charge in [0.2, 0.25) is 0 Å². The predicted octanol–water partition coefficient (Wildman–Crippen LogP) is 1.38. The summed E-state index contributed by atoms with van der Waals surface area (Å²) in [7, 11) is 0. The van der Waals surface area contributed by atoms with Gasteiger partial charge in [0.15, 0.2) is 0 Å². The Morgan fingerprint density at radius 1 is 1.12 bits per heavy atom. The standard InChI is InChI=1S/C23H31N5O4/c1-14-11-26(12-15(2)32-14)13-16-5-7-27(8-6-16)22(30)17-9-19-20(24-10-17)28(18-3-4-18)23(31)25-21(19)29/h9-10,14-16,18H,3-8,11-13H2,1-2H3,(H,25,29,31). The van der Waals surface area contributed by atoms with Crippen molar-refractivity contribution < 1.29 is 9.53 Å². The fourth-order valence-corrected chi connectivity index (χ4v) is 5.23. The number of H-pyrrole nitrogens is 1. The quantitative estimate of drug-likeness (QED) is 0.769. The van der Waals surface area contributed by atoms with Gasteiger partial charge in [-0.3, -0.25) is 24.0 Å². The summed E-state index contributed by atoms with van der Waals surface area (Å²) in [6, 6.07) is 1.68. The Balaban J connectivity index is 1.26. The molecule has 9 nitrogen and oxygen atoms in total. The lowest BCUT2D eigenvalue weighted by Gasteiger charge is -2.39. The highest BCUT2D eigenvalue weighted by molar-refractivity contribution is 5.96. The minimum Gasteiger partial charge on any atom is -0.373 e. The summed E-state index contributed by atoms with van der Waals surface area (Å²) in [5.74, 6) is 0.470. The molecule has 2 saturated heterocycles. The molecule has 2 atom stereocenters. The van der Waals surface area contributed by atoms with Crippen molar-refractivity contribution in [3.8, 4) is 0 Å². The van der Waals surface area contributed by atoms with Crippen LogP contribution in [0.4, 0.5) is 0 Å². The predicted molar refractivity (Wildman–Crippen MR) is 120 cm³/mol. The van der Waals surface area contributed by atoms with Crippen LogP contribution < -0.4 is 11.2 Å². The highest BCUT2D eigenvalue weighted by Crippen LogP contribution is 2.34. The zero-order valence-corrected chi connectivity index (χ0v) is 18.7. The van der Waals surface area contributed by atoms with Crippen LogP contribution in [0.2, 0.25) is 0 Å². The topological polar surface area (TPSA) is 101 Å². The number of ether oxygens (including phenoxy) is 1. The van der Waals surface area contributed by atoms with E-state index < -0.39 is 11.2 Å². The molecule has 0 bridgehead atoms. The number of carbonyl (C=O) groups excluding carboxylic acids is 1. The van der Waals surface area contributed by atoms with E-state index in [0.717, 1.165) is 45.3 Å². The van der Waals surface area contributed by atoms with E-state index >= 15 is 0 Å². The van der Waals surface area contributed by atoms with Crippen molar-refractivity contribution in [1.82, 2.24) is 24.3 Å². The average molecular weight is 442 g/mol. The highest BCUT2D eigenvalue weighted by atomic mass is 16.5. The van der Waals surface area contributed by atoms with E-state index in [1.165, 1.54) is 6.20 Å². The van der Waals surface area contributed by atoms with E-state index in [2.05, 4.69) is 28.7 Å². The Morgan fingerprint density at radius 3 is 2.47 bits per heavy atom. The van der Waals surface area contributed by atoms with E-state index in [4.69, 9.17) is 4.74 Å². The van der Waals surface area contributed by atoms with Crippen LogP contribution in [0.25, 0.3) is 11.0 Å². The number of amides is 1. The van der Waals surface area contributed by atoms with Gasteiger partial charge in [-0.1, -0.05) is 0 Å². The van der Waals surface area contributed by atoms with Crippen LogP contribution in [-0.4, -0.2) is 75.2 Å². The second kappa shape index (κ2) is 8.44. The molecule has 1 aliphatic carbocycles. The molecule has 2 unspecified atom stereocenters. The van der Waals surface area contributed by atoms with E-state index in [1.807, 2.05) is 4.90 Å². The Kier molecular flexibility index (Phi) is 5.63. The third-order valence-electron chi connectivity index (χ3n) is 6.85. The summed E-state index contributed by atoms with van der Waals surface area (Å²) >= 11 is 0. The monoisotopic (exact) mass is 441 g/mol. The maximum Gasteiger partial charge on any atom is 0.330 e. The van der Waals surface area contributed by atoms with Crippen molar-refractivity contribution in [1.29, 1.82) is 0 Å². The summed E-state index contributed by atoms with van der Waals surface area (Å²) in [4.78, 5) is 48.8. The second-order valence-electron chi connectivity index (χ2n) is 9.67. The van der Waals surface area contributed by atoms with E-state index in [0.29, 0.717) is 35.6 Å². The molecule has 2 aromatic rings. The smallest absolute Gasteiger partial charge is 0.330 e. The van der Waals surface area contributed by atoms with E-state index in [9.17, 15) is 14.4 Å². The molecule has 3 fully saturated rings. The zero-order chi connectivity index (χ0) is 22.4. The van der Waals surface area contributed by atoms with Gasteiger partial charge in [0, 0.05) is 45.0 Å². The van der Waals surface area contributed by atoms with Crippen molar-refractivity contribution in [3.05, 3.63) is 38.7 Å². The number of carbonyl (C=O) groups is 1. The minimum absolute atomic E-state index is 0.0902. The van der Waals surface area contributed by atoms with Gasteiger partial charge in [0.1, 0.15) is 5.65 Å². The fourth-order valence-electron chi connectivity index (χ4n) is 5.23. The number of hydrogen-bond acceptors (Lipinski definition) is 6. The van der Waals surface area contributed by atoms with Gasteiger partial charge in [-0.2, -0.15) is 0 Å². The first kappa shape index (κ1) is 21.3. The van der Waals surface area contributed by atoms with Gasteiger partial charge < -0.3 is 9.64 Å². The Bertz CT molecular complexity index is 1120. The molecular formula is C23H31N5O4. The molecule has 1 amide bonds. The van der Waals surface area contributed by atoms with Gasteiger partial charge in [0.25, 0.3) is 11.5 Å². The Morgan fingerprint density at radius 2 is 1.81 bits per heavy atom. The molecule has 0 radical (unpaired) electrons. The summed E-state index contributed by atoms with van der Waals surface area (Å²) in [5, 5.41) is 0.299. The molecule has 2 aromatic heterocycles. The van der Waals surface area contributed by atoms with Gasteiger partial charge in [-0.15, -0.1) is 0 Å². The van der Waals surface area contributed by atoms with Crippen molar-refractivity contribution in [2.45, 2.75) is 57.8 Å². The molecule has 0 spiro atoms. The highest BCUT2D eigenvalue weighted by Gasteiger charge is 2.30. The number of piperidine rings is 1. The van der Waals surface area contributed by atoms with Crippen LogP contribution in [0.1, 0.15) is 55.9 Å². The molecule has 9 heteroatoms. The third-order valence-corrected chi connectivity index (χ3v) is 6.85.